The van der Waals surface area contributed by atoms with Gasteiger partial charge < -0.3 is 5.32 Å². The number of benzene rings is 1. The zero-order valence-corrected chi connectivity index (χ0v) is 12.4. The summed E-state index contributed by atoms with van der Waals surface area (Å²) < 4.78 is 0. The van der Waals surface area contributed by atoms with Gasteiger partial charge in [0.15, 0.2) is 0 Å². The number of rotatable bonds is 1. The molecule has 1 N–H and O–H groups in total. The van der Waals surface area contributed by atoms with Gasteiger partial charge in [-0.1, -0.05) is 37.1 Å². The molecule has 3 aliphatic rings. The predicted molar refractivity (Wildman–Crippen MR) is 82.6 cm³/mol. The lowest BCUT2D eigenvalue weighted by molar-refractivity contribution is 0.0723. The van der Waals surface area contributed by atoms with Crippen LogP contribution in [-0.4, -0.2) is 24.5 Å². The van der Waals surface area contributed by atoms with Crippen LogP contribution in [0.4, 0.5) is 0 Å². The quantitative estimate of drug-likeness (QED) is 0.840. The van der Waals surface area contributed by atoms with Gasteiger partial charge >= 0.3 is 0 Å². The number of hydrogen-bond donors (Lipinski definition) is 1. The second kappa shape index (κ2) is 5.16. The van der Waals surface area contributed by atoms with E-state index in [1.165, 1.54) is 57.2 Å². The molecule has 1 atom stereocenters. The van der Waals surface area contributed by atoms with E-state index in [1.54, 1.807) is 5.56 Å². The van der Waals surface area contributed by atoms with Crippen molar-refractivity contribution in [3.05, 3.63) is 35.4 Å². The summed E-state index contributed by atoms with van der Waals surface area (Å²) in [6, 6.07) is 9.63. The Morgan fingerprint density at radius 1 is 1.00 bits per heavy atom. The summed E-state index contributed by atoms with van der Waals surface area (Å²) in [7, 11) is 0. The van der Waals surface area contributed by atoms with Gasteiger partial charge in [0.25, 0.3) is 0 Å². The first-order valence-corrected chi connectivity index (χ1v) is 8.39. The molecule has 1 unspecified atom stereocenters. The first-order valence-electron chi connectivity index (χ1n) is 8.39. The molecule has 2 aliphatic heterocycles. The summed E-state index contributed by atoms with van der Waals surface area (Å²) in [5, 5.41) is 3.61. The molecular weight excluding hydrogens is 244 g/mol. The first kappa shape index (κ1) is 12.8. The van der Waals surface area contributed by atoms with Crippen LogP contribution in [0.3, 0.4) is 0 Å². The van der Waals surface area contributed by atoms with Gasteiger partial charge in [0.2, 0.25) is 0 Å². The van der Waals surface area contributed by atoms with Crippen molar-refractivity contribution in [3.63, 3.8) is 0 Å². The Morgan fingerprint density at radius 2 is 1.75 bits per heavy atom. The van der Waals surface area contributed by atoms with Crippen molar-refractivity contribution < 1.29 is 0 Å². The van der Waals surface area contributed by atoms with Crippen molar-refractivity contribution in [2.24, 2.45) is 5.41 Å². The maximum absolute atomic E-state index is 3.61. The van der Waals surface area contributed by atoms with Crippen molar-refractivity contribution in [2.75, 3.05) is 19.6 Å². The van der Waals surface area contributed by atoms with E-state index in [0.29, 0.717) is 6.04 Å². The van der Waals surface area contributed by atoms with Crippen LogP contribution in [0, 0.1) is 5.41 Å². The number of nitrogens with zero attached hydrogens (tertiary/aromatic N) is 1. The first-order chi connectivity index (χ1) is 9.86. The second-order valence-corrected chi connectivity index (χ2v) is 7.09. The lowest BCUT2D eigenvalue weighted by atomic mass is 9.76. The van der Waals surface area contributed by atoms with E-state index in [2.05, 4.69) is 34.5 Å². The molecule has 0 bridgehead atoms. The van der Waals surface area contributed by atoms with Gasteiger partial charge in [-0.25, -0.2) is 0 Å². The van der Waals surface area contributed by atoms with E-state index < -0.39 is 0 Å². The second-order valence-electron chi connectivity index (χ2n) is 7.09. The van der Waals surface area contributed by atoms with Crippen LogP contribution < -0.4 is 5.32 Å². The minimum atomic E-state index is 0.610. The SMILES string of the molecule is c1ccc2c(c1)CNCC2N1CCC2(CCCC2)CC1. The topological polar surface area (TPSA) is 15.3 Å². The fraction of sp³-hybridized carbons (Fsp3) is 0.667. The van der Waals surface area contributed by atoms with Gasteiger partial charge in [-0.2, -0.15) is 0 Å². The van der Waals surface area contributed by atoms with Crippen molar-refractivity contribution in [3.8, 4) is 0 Å². The van der Waals surface area contributed by atoms with E-state index in [1.807, 2.05) is 0 Å². The third-order valence-corrected chi connectivity index (χ3v) is 6.03. The molecule has 1 spiro atoms. The van der Waals surface area contributed by atoms with E-state index in [-0.39, 0.29) is 0 Å². The van der Waals surface area contributed by atoms with Crippen LogP contribution in [0.2, 0.25) is 0 Å². The highest BCUT2D eigenvalue weighted by Crippen LogP contribution is 2.47. The molecule has 0 amide bonds. The molecule has 1 aliphatic carbocycles. The summed E-state index contributed by atoms with van der Waals surface area (Å²) >= 11 is 0. The minimum Gasteiger partial charge on any atom is -0.311 e. The van der Waals surface area contributed by atoms with Crippen LogP contribution in [0.1, 0.15) is 55.7 Å². The normalized spacial score (nSPS) is 29.5. The molecule has 4 rings (SSSR count). The number of likely N-dealkylation sites (tertiary alicyclic amines) is 1. The fourth-order valence-corrected chi connectivity index (χ4v) is 4.73. The van der Waals surface area contributed by atoms with Gasteiger partial charge in [0.05, 0.1) is 0 Å². The molecule has 1 saturated heterocycles. The maximum atomic E-state index is 3.61. The Bertz CT molecular complexity index is 466. The smallest absolute Gasteiger partial charge is 0.0476 e. The monoisotopic (exact) mass is 270 g/mol. The van der Waals surface area contributed by atoms with Crippen molar-refractivity contribution >= 4 is 0 Å². The highest BCUT2D eigenvalue weighted by molar-refractivity contribution is 5.32. The van der Waals surface area contributed by atoms with Crippen molar-refractivity contribution in [1.82, 2.24) is 10.2 Å². The van der Waals surface area contributed by atoms with Crippen LogP contribution in [0.5, 0.6) is 0 Å². The number of hydrogen-bond acceptors (Lipinski definition) is 2. The van der Waals surface area contributed by atoms with Gasteiger partial charge in [0, 0.05) is 19.1 Å². The average Bonchev–Trinajstić information content (AvgIpc) is 2.96. The summed E-state index contributed by atoms with van der Waals surface area (Å²) in [6.45, 7) is 4.79. The Hall–Kier alpha value is -0.860. The molecule has 1 aromatic rings. The molecule has 20 heavy (non-hydrogen) atoms. The summed E-state index contributed by atoms with van der Waals surface area (Å²) in [5.74, 6) is 0. The average molecular weight is 270 g/mol. The lowest BCUT2D eigenvalue weighted by Gasteiger charge is -2.44. The number of piperidine rings is 1. The van der Waals surface area contributed by atoms with Crippen molar-refractivity contribution in [2.45, 2.75) is 51.1 Å². The Labute approximate surface area is 122 Å². The summed E-state index contributed by atoms with van der Waals surface area (Å²) in [5.41, 5.74) is 3.82. The predicted octanol–water partition coefficient (Wildman–Crippen LogP) is 3.49. The van der Waals surface area contributed by atoms with E-state index >= 15 is 0 Å². The number of nitrogens with one attached hydrogen (secondary N) is 1. The van der Waals surface area contributed by atoms with Gasteiger partial charge in [0.1, 0.15) is 0 Å². The molecule has 0 radical (unpaired) electrons. The highest BCUT2D eigenvalue weighted by Gasteiger charge is 2.39. The van der Waals surface area contributed by atoms with Crippen LogP contribution in [-0.2, 0) is 6.54 Å². The van der Waals surface area contributed by atoms with Crippen LogP contribution in [0.15, 0.2) is 24.3 Å². The zero-order valence-electron chi connectivity index (χ0n) is 12.4. The Balaban J connectivity index is 1.50. The Kier molecular flexibility index (Phi) is 3.31. The molecule has 2 nitrogen and oxygen atoms in total. The van der Waals surface area contributed by atoms with Gasteiger partial charge in [-0.15, -0.1) is 0 Å². The highest BCUT2D eigenvalue weighted by atomic mass is 15.2. The van der Waals surface area contributed by atoms with Gasteiger partial charge in [-0.3, -0.25) is 4.90 Å². The molecule has 0 aromatic heterocycles. The van der Waals surface area contributed by atoms with E-state index in [0.717, 1.165) is 18.5 Å². The van der Waals surface area contributed by atoms with Crippen LogP contribution in [0.25, 0.3) is 0 Å². The third-order valence-electron chi connectivity index (χ3n) is 6.03. The fourth-order valence-electron chi connectivity index (χ4n) is 4.73. The summed E-state index contributed by atoms with van der Waals surface area (Å²) in [6.07, 6.45) is 8.83. The molecule has 1 aromatic carbocycles. The zero-order chi connectivity index (χ0) is 13.4. The standard InChI is InChI=1S/C18H26N2/c1-2-6-16-15(5-1)13-19-14-17(16)20-11-9-18(10-12-20)7-3-4-8-18/h1-2,5-6,17,19H,3-4,7-14H2. The third kappa shape index (κ3) is 2.19. The Morgan fingerprint density at radius 3 is 2.55 bits per heavy atom. The van der Waals surface area contributed by atoms with Crippen LogP contribution >= 0.6 is 0 Å². The van der Waals surface area contributed by atoms with Gasteiger partial charge in [-0.05, 0) is 55.3 Å². The lowest BCUT2D eigenvalue weighted by Crippen LogP contribution is -2.45. The van der Waals surface area contributed by atoms with E-state index in [9.17, 15) is 0 Å². The minimum absolute atomic E-state index is 0.610. The summed E-state index contributed by atoms with van der Waals surface area (Å²) in [4.78, 5) is 2.74. The molecule has 2 heteroatoms. The molecule has 2 heterocycles. The van der Waals surface area contributed by atoms with Crippen molar-refractivity contribution in [1.29, 1.82) is 0 Å². The number of fused-ring (bicyclic) bond motifs is 1. The maximum Gasteiger partial charge on any atom is 0.0476 e. The van der Waals surface area contributed by atoms with E-state index in [4.69, 9.17) is 0 Å². The molecule has 108 valence electrons. The molecule has 1 saturated carbocycles. The molecule has 2 fully saturated rings. The molecular formula is C18H26N2. The largest absolute Gasteiger partial charge is 0.311 e.